The molecule has 180 valence electrons. The first-order valence-corrected chi connectivity index (χ1v) is 13.3. The van der Waals surface area contributed by atoms with Crippen LogP contribution in [0, 0.1) is 0 Å². The molecule has 0 saturated heterocycles. The summed E-state index contributed by atoms with van der Waals surface area (Å²) in [5, 5.41) is 15.5. The number of benzene rings is 2. The number of anilines is 1. The molecule has 0 spiro atoms. The lowest BCUT2D eigenvalue weighted by Crippen LogP contribution is -2.20. The summed E-state index contributed by atoms with van der Waals surface area (Å²) in [6.07, 6.45) is 5.09. The Morgan fingerprint density at radius 1 is 1.08 bits per heavy atom. The van der Waals surface area contributed by atoms with Gasteiger partial charge in [-0.25, -0.2) is 4.98 Å². The van der Waals surface area contributed by atoms with Gasteiger partial charge >= 0.3 is 0 Å². The van der Waals surface area contributed by atoms with Crippen LogP contribution in [0.1, 0.15) is 16.7 Å². The van der Waals surface area contributed by atoms with E-state index in [1.165, 1.54) is 0 Å². The zero-order valence-corrected chi connectivity index (χ0v) is 22.1. The molecule has 0 radical (unpaired) electrons. The number of fused-ring (bicyclic) bond motifs is 1. The van der Waals surface area contributed by atoms with Crippen molar-refractivity contribution in [1.82, 2.24) is 19.9 Å². The topological polar surface area (TPSA) is 71.3 Å². The third-order valence-corrected chi connectivity index (χ3v) is 7.07. The fraction of sp³-hybridized carbons (Fsp3) is 0.0741. The smallest absolute Gasteiger partial charge is 0.244 e. The fourth-order valence-corrected chi connectivity index (χ4v) is 4.91. The fourth-order valence-electron chi connectivity index (χ4n) is 3.70. The Bertz CT molecular complexity index is 1550. The maximum Gasteiger partial charge on any atom is 0.244 e. The molecular weight excluding hydrogens is 558 g/mol. The summed E-state index contributed by atoms with van der Waals surface area (Å²) in [4.78, 5) is 16.9. The molecule has 0 fully saturated rings. The number of hydrogen-bond acceptors (Lipinski definition) is 5. The maximum atomic E-state index is 12.2. The molecule has 0 aliphatic rings. The van der Waals surface area contributed by atoms with E-state index in [9.17, 15) is 4.79 Å². The second kappa shape index (κ2) is 11.1. The molecule has 5 aromatic rings. The predicted octanol–water partition coefficient (Wildman–Crippen LogP) is 6.82. The van der Waals surface area contributed by atoms with E-state index in [1.54, 1.807) is 28.1 Å². The standard InChI is InChI=1S/C27H21BrClN5OS/c28-22-16-32-34-25(13-24(33-27(22)34)21-6-1-2-7-23(21)29)30-14-19-4-3-5-20(12-19)15-31-26(35)9-8-18-10-11-36-17-18/h1-13,16-17,30H,14-15H2,(H,31,35). The molecule has 6 nitrogen and oxygen atoms in total. The van der Waals surface area contributed by atoms with Crippen molar-refractivity contribution in [1.29, 1.82) is 0 Å². The molecule has 3 heterocycles. The monoisotopic (exact) mass is 577 g/mol. The first-order chi connectivity index (χ1) is 17.6. The van der Waals surface area contributed by atoms with Crippen LogP contribution >= 0.6 is 38.9 Å². The van der Waals surface area contributed by atoms with Crippen molar-refractivity contribution in [3.8, 4) is 11.3 Å². The second-order valence-electron chi connectivity index (χ2n) is 8.02. The Morgan fingerprint density at radius 2 is 1.92 bits per heavy atom. The lowest BCUT2D eigenvalue weighted by atomic mass is 10.1. The highest BCUT2D eigenvalue weighted by molar-refractivity contribution is 9.10. The summed E-state index contributed by atoms with van der Waals surface area (Å²) in [6.45, 7) is 1.02. The maximum absolute atomic E-state index is 12.2. The third kappa shape index (κ3) is 5.67. The Labute approximate surface area is 225 Å². The van der Waals surface area contributed by atoms with Gasteiger partial charge in [-0.1, -0.05) is 54.1 Å². The highest BCUT2D eigenvalue weighted by Crippen LogP contribution is 2.30. The number of rotatable bonds is 8. The van der Waals surface area contributed by atoms with Crippen LogP contribution in [0.2, 0.25) is 5.02 Å². The van der Waals surface area contributed by atoms with Gasteiger partial charge in [0.2, 0.25) is 5.91 Å². The lowest BCUT2D eigenvalue weighted by molar-refractivity contribution is -0.116. The number of carbonyl (C=O) groups is 1. The number of carbonyl (C=O) groups excluding carboxylic acids is 1. The van der Waals surface area contributed by atoms with Gasteiger partial charge < -0.3 is 10.6 Å². The Balaban J connectivity index is 1.30. The normalized spacial score (nSPS) is 11.3. The minimum atomic E-state index is -0.125. The molecule has 0 bridgehead atoms. The number of amides is 1. The third-order valence-electron chi connectivity index (χ3n) is 5.48. The lowest BCUT2D eigenvalue weighted by Gasteiger charge is -2.12. The van der Waals surface area contributed by atoms with Gasteiger partial charge in [0.15, 0.2) is 5.65 Å². The first-order valence-electron chi connectivity index (χ1n) is 11.2. The van der Waals surface area contributed by atoms with Crippen LogP contribution in [0.5, 0.6) is 0 Å². The molecule has 9 heteroatoms. The molecule has 0 unspecified atom stereocenters. The minimum absolute atomic E-state index is 0.125. The second-order valence-corrected chi connectivity index (χ2v) is 10.1. The van der Waals surface area contributed by atoms with E-state index in [2.05, 4.69) is 37.7 Å². The van der Waals surface area contributed by atoms with Crippen molar-refractivity contribution in [2.75, 3.05) is 5.32 Å². The number of nitrogens with one attached hydrogen (secondary N) is 2. The summed E-state index contributed by atoms with van der Waals surface area (Å²) < 4.78 is 2.55. The number of nitrogens with zero attached hydrogens (tertiary/aromatic N) is 3. The van der Waals surface area contributed by atoms with E-state index in [4.69, 9.17) is 16.6 Å². The van der Waals surface area contributed by atoms with Crippen LogP contribution in [-0.4, -0.2) is 20.5 Å². The van der Waals surface area contributed by atoms with Crippen molar-refractivity contribution in [2.45, 2.75) is 13.1 Å². The summed E-state index contributed by atoms with van der Waals surface area (Å²) in [5.74, 6) is 0.665. The minimum Gasteiger partial charge on any atom is -0.366 e. The van der Waals surface area contributed by atoms with Gasteiger partial charge in [-0.15, -0.1) is 0 Å². The van der Waals surface area contributed by atoms with Crippen LogP contribution in [0.25, 0.3) is 23.0 Å². The Hall–Kier alpha value is -3.46. The summed E-state index contributed by atoms with van der Waals surface area (Å²) in [7, 11) is 0. The van der Waals surface area contributed by atoms with E-state index in [0.29, 0.717) is 23.8 Å². The average molecular weight is 579 g/mol. The van der Waals surface area contributed by atoms with E-state index in [-0.39, 0.29) is 5.91 Å². The molecule has 0 aliphatic carbocycles. The SMILES string of the molecule is O=C(C=Cc1ccsc1)NCc1cccc(CNc2cc(-c3ccccc3Cl)nc3c(Br)cnn23)c1. The van der Waals surface area contributed by atoms with Crippen LogP contribution < -0.4 is 10.6 Å². The Kier molecular flexibility index (Phi) is 7.46. The van der Waals surface area contributed by atoms with Crippen LogP contribution in [0.3, 0.4) is 0 Å². The van der Waals surface area contributed by atoms with E-state index < -0.39 is 0 Å². The highest BCUT2D eigenvalue weighted by atomic mass is 79.9. The zero-order valence-electron chi connectivity index (χ0n) is 19.0. The Morgan fingerprint density at radius 3 is 2.72 bits per heavy atom. The molecule has 0 aliphatic heterocycles. The predicted molar refractivity (Wildman–Crippen MR) is 150 cm³/mol. The van der Waals surface area contributed by atoms with Gasteiger partial charge in [-0.2, -0.15) is 21.0 Å². The number of aromatic nitrogens is 3. The molecule has 0 atom stereocenters. The van der Waals surface area contributed by atoms with E-state index >= 15 is 0 Å². The number of halogens is 2. The van der Waals surface area contributed by atoms with Crippen LogP contribution in [-0.2, 0) is 17.9 Å². The van der Waals surface area contributed by atoms with Gasteiger partial charge in [0.05, 0.1) is 16.4 Å². The van der Waals surface area contributed by atoms with Crippen LogP contribution in [0.4, 0.5) is 5.82 Å². The zero-order chi connectivity index (χ0) is 24.9. The molecule has 5 rings (SSSR count). The molecule has 2 aromatic carbocycles. The van der Waals surface area contributed by atoms with E-state index in [0.717, 1.165) is 38.2 Å². The van der Waals surface area contributed by atoms with Crippen molar-refractivity contribution in [2.24, 2.45) is 0 Å². The molecule has 2 N–H and O–H groups in total. The van der Waals surface area contributed by atoms with Crippen molar-refractivity contribution >= 4 is 62.3 Å². The molecule has 1 amide bonds. The average Bonchev–Trinajstić information content (AvgIpc) is 3.55. The summed E-state index contributed by atoms with van der Waals surface area (Å²) in [6, 6.07) is 19.6. The molecular formula is C27H21BrClN5OS. The van der Waals surface area contributed by atoms with Crippen molar-refractivity contribution in [3.63, 3.8) is 0 Å². The van der Waals surface area contributed by atoms with Gasteiger partial charge in [-0.3, -0.25) is 4.79 Å². The van der Waals surface area contributed by atoms with Crippen molar-refractivity contribution in [3.05, 3.63) is 110 Å². The largest absolute Gasteiger partial charge is 0.366 e. The number of thiophene rings is 1. The van der Waals surface area contributed by atoms with Gasteiger partial charge in [0.25, 0.3) is 0 Å². The number of hydrogen-bond donors (Lipinski definition) is 2. The summed E-state index contributed by atoms with van der Waals surface area (Å²) >= 11 is 11.6. The quantitative estimate of drug-likeness (QED) is 0.198. The highest BCUT2D eigenvalue weighted by Gasteiger charge is 2.13. The molecule has 3 aromatic heterocycles. The van der Waals surface area contributed by atoms with Crippen LogP contribution in [0.15, 0.2) is 88.2 Å². The van der Waals surface area contributed by atoms with Gasteiger partial charge in [-0.05, 0) is 61.6 Å². The van der Waals surface area contributed by atoms with E-state index in [1.807, 2.05) is 71.4 Å². The van der Waals surface area contributed by atoms with Crippen molar-refractivity contribution < 1.29 is 4.79 Å². The molecule has 36 heavy (non-hydrogen) atoms. The first kappa shape index (κ1) is 24.2. The molecule has 0 saturated carbocycles. The van der Waals surface area contributed by atoms with Gasteiger partial charge in [0.1, 0.15) is 5.82 Å². The van der Waals surface area contributed by atoms with Gasteiger partial charge in [0, 0.05) is 35.8 Å². The summed E-state index contributed by atoms with van der Waals surface area (Å²) in [5.41, 5.74) is 5.42.